The summed E-state index contributed by atoms with van der Waals surface area (Å²) in [5, 5.41) is 28.0. The molecule has 1 rings (SSSR count). The summed E-state index contributed by atoms with van der Waals surface area (Å²) in [5.41, 5.74) is 0.348. The van der Waals surface area contributed by atoms with E-state index in [2.05, 4.69) is 13.8 Å². The van der Waals surface area contributed by atoms with Gasteiger partial charge in [0.1, 0.15) is 0 Å². The van der Waals surface area contributed by atoms with E-state index in [4.69, 9.17) is 10.2 Å². The van der Waals surface area contributed by atoms with Gasteiger partial charge in [-0.2, -0.15) is 0 Å². The molecule has 148 valence electrons. The van der Waals surface area contributed by atoms with Crippen LogP contribution in [0.4, 0.5) is 0 Å². The van der Waals surface area contributed by atoms with Crippen molar-refractivity contribution in [2.75, 3.05) is 6.61 Å². The van der Waals surface area contributed by atoms with Crippen LogP contribution in [0.5, 0.6) is 0 Å². The third-order valence-electron chi connectivity index (χ3n) is 5.91. The Labute approximate surface area is 154 Å². The maximum atomic E-state index is 10.8. The molecule has 0 bridgehead atoms. The van der Waals surface area contributed by atoms with Gasteiger partial charge in [0.05, 0.1) is 12.5 Å². The number of carboxylic acid groups (broad SMARTS) is 1. The molecule has 1 fully saturated rings. The molecule has 1 saturated carbocycles. The molecule has 1 aliphatic carbocycles. The number of rotatable bonds is 16. The number of hydrogen-bond donors (Lipinski definition) is 3. The summed E-state index contributed by atoms with van der Waals surface area (Å²) in [6.45, 7) is 4.68. The van der Waals surface area contributed by atoms with E-state index in [9.17, 15) is 9.90 Å². The molecule has 25 heavy (non-hydrogen) atoms. The SMILES string of the molecule is CC(C)(CCO)CCCCCC(O)CCCCCC1(CC(=O)O)CC1. The molecule has 4 heteroatoms. The fourth-order valence-corrected chi connectivity index (χ4v) is 3.80. The van der Waals surface area contributed by atoms with Gasteiger partial charge in [0, 0.05) is 6.61 Å². The third-order valence-corrected chi connectivity index (χ3v) is 5.91. The molecule has 0 aromatic heterocycles. The fraction of sp³-hybridized carbons (Fsp3) is 0.952. The second kappa shape index (κ2) is 11.2. The van der Waals surface area contributed by atoms with Crippen molar-refractivity contribution in [1.82, 2.24) is 0 Å². The first-order chi connectivity index (χ1) is 11.8. The fourth-order valence-electron chi connectivity index (χ4n) is 3.80. The van der Waals surface area contributed by atoms with Crippen LogP contribution in [-0.4, -0.2) is 34.0 Å². The van der Waals surface area contributed by atoms with Crippen LogP contribution < -0.4 is 0 Å². The zero-order valence-electron chi connectivity index (χ0n) is 16.4. The average Bonchev–Trinajstić information content (AvgIpc) is 3.25. The first-order valence-electron chi connectivity index (χ1n) is 10.3. The van der Waals surface area contributed by atoms with Crippen LogP contribution in [0, 0.1) is 10.8 Å². The quantitative estimate of drug-likeness (QED) is 0.343. The normalized spacial score (nSPS) is 17.4. The van der Waals surface area contributed by atoms with Gasteiger partial charge in [-0.05, 0) is 55.8 Å². The van der Waals surface area contributed by atoms with Crippen LogP contribution in [-0.2, 0) is 4.79 Å². The van der Waals surface area contributed by atoms with Gasteiger partial charge >= 0.3 is 5.97 Å². The number of hydrogen-bond acceptors (Lipinski definition) is 3. The van der Waals surface area contributed by atoms with E-state index >= 15 is 0 Å². The van der Waals surface area contributed by atoms with Crippen LogP contribution in [0.3, 0.4) is 0 Å². The molecule has 1 atom stereocenters. The lowest BCUT2D eigenvalue weighted by atomic mass is 9.84. The molecule has 0 aliphatic heterocycles. The van der Waals surface area contributed by atoms with E-state index in [0.717, 1.165) is 77.0 Å². The van der Waals surface area contributed by atoms with Crippen LogP contribution in [0.2, 0.25) is 0 Å². The Bertz CT molecular complexity index is 374. The molecular weight excluding hydrogens is 316 g/mol. The smallest absolute Gasteiger partial charge is 0.303 e. The van der Waals surface area contributed by atoms with E-state index in [1.807, 2.05) is 0 Å². The van der Waals surface area contributed by atoms with Crippen molar-refractivity contribution in [3.05, 3.63) is 0 Å². The van der Waals surface area contributed by atoms with Crippen molar-refractivity contribution >= 4 is 5.97 Å². The second-order valence-corrected chi connectivity index (χ2v) is 9.06. The van der Waals surface area contributed by atoms with E-state index < -0.39 is 5.97 Å². The minimum atomic E-state index is -0.660. The van der Waals surface area contributed by atoms with E-state index in [-0.39, 0.29) is 23.5 Å². The number of unbranched alkanes of at least 4 members (excludes halogenated alkanes) is 4. The average molecular weight is 357 g/mol. The number of carbonyl (C=O) groups is 1. The topological polar surface area (TPSA) is 77.8 Å². The molecular formula is C21H40O4. The van der Waals surface area contributed by atoms with Crippen molar-refractivity contribution in [3.8, 4) is 0 Å². The van der Waals surface area contributed by atoms with Gasteiger partial charge in [-0.1, -0.05) is 52.4 Å². The molecule has 0 amide bonds. The lowest BCUT2D eigenvalue weighted by molar-refractivity contribution is -0.138. The molecule has 4 nitrogen and oxygen atoms in total. The molecule has 0 spiro atoms. The number of aliphatic hydroxyl groups excluding tert-OH is 2. The van der Waals surface area contributed by atoms with Crippen LogP contribution in [0.25, 0.3) is 0 Å². The molecule has 1 unspecified atom stereocenters. The lowest BCUT2D eigenvalue weighted by Crippen LogP contribution is -2.13. The highest BCUT2D eigenvalue weighted by Crippen LogP contribution is 2.52. The Kier molecular flexibility index (Phi) is 10.0. The molecule has 0 radical (unpaired) electrons. The van der Waals surface area contributed by atoms with Gasteiger partial charge in [-0.15, -0.1) is 0 Å². The lowest BCUT2D eigenvalue weighted by Gasteiger charge is -2.23. The monoisotopic (exact) mass is 356 g/mol. The molecule has 3 N–H and O–H groups in total. The highest BCUT2D eigenvalue weighted by molar-refractivity contribution is 5.68. The Balaban J connectivity index is 1.94. The van der Waals surface area contributed by atoms with Crippen molar-refractivity contribution in [3.63, 3.8) is 0 Å². The first kappa shape index (κ1) is 22.4. The largest absolute Gasteiger partial charge is 0.481 e. The summed E-state index contributed by atoms with van der Waals surface area (Å²) in [6.07, 6.45) is 13.8. The van der Waals surface area contributed by atoms with Crippen LogP contribution >= 0.6 is 0 Å². The van der Waals surface area contributed by atoms with E-state index in [0.29, 0.717) is 6.42 Å². The molecule has 1 aliphatic rings. The van der Waals surface area contributed by atoms with Gasteiger partial charge in [-0.25, -0.2) is 0 Å². The summed E-state index contributed by atoms with van der Waals surface area (Å²) in [7, 11) is 0. The Morgan fingerprint density at radius 1 is 1.00 bits per heavy atom. The summed E-state index contributed by atoms with van der Waals surface area (Å²) >= 11 is 0. The summed E-state index contributed by atoms with van der Waals surface area (Å²) in [4.78, 5) is 10.8. The highest BCUT2D eigenvalue weighted by atomic mass is 16.4. The Morgan fingerprint density at radius 3 is 2.12 bits per heavy atom. The number of carboxylic acids is 1. The maximum Gasteiger partial charge on any atom is 0.303 e. The Hall–Kier alpha value is -0.610. The minimum absolute atomic E-state index is 0.119. The summed E-state index contributed by atoms with van der Waals surface area (Å²) in [5.74, 6) is -0.660. The van der Waals surface area contributed by atoms with Crippen molar-refractivity contribution in [1.29, 1.82) is 0 Å². The predicted octanol–water partition coefficient (Wildman–Crippen LogP) is 4.91. The van der Waals surface area contributed by atoms with Gasteiger partial charge in [0.25, 0.3) is 0 Å². The zero-order chi connectivity index (χ0) is 18.8. The van der Waals surface area contributed by atoms with Gasteiger partial charge in [-0.3, -0.25) is 4.79 Å². The van der Waals surface area contributed by atoms with Gasteiger partial charge in [0.2, 0.25) is 0 Å². The van der Waals surface area contributed by atoms with E-state index in [1.165, 1.54) is 6.42 Å². The predicted molar refractivity (Wildman–Crippen MR) is 102 cm³/mol. The zero-order valence-corrected chi connectivity index (χ0v) is 16.4. The van der Waals surface area contributed by atoms with Gasteiger partial charge < -0.3 is 15.3 Å². The van der Waals surface area contributed by atoms with Crippen LogP contribution in [0.1, 0.15) is 104 Å². The maximum absolute atomic E-state index is 10.8. The third kappa shape index (κ3) is 10.9. The molecule has 0 aromatic carbocycles. The number of aliphatic hydroxyl groups is 2. The highest BCUT2D eigenvalue weighted by Gasteiger charge is 2.43. The number of aliphatic carboxylic acids is 1. The first-order valence-corrected chi connectivity index (χ1v) is 10.3. The van der Waals surface area contributed by atoms with E-state index in [1.54, 1.807) is 0 Å². The summed E-state index contributed by atoms with van der Waals surface area (Å²) < 4.78 is 0. The van der Waals surface area contributed by atoms with Crippen molar-refractivity contribution in [2.45, 2.75) is 110 Å². The molecule has 0 heterocycles. The summed E-state index contributed by atoms with van der Waals surface area (Å²) in [6, 6.07) is 0. The van der Waals surface area contributed by atoms with Gasteiger partial charge in [0.15, 0.2) is 0 Å². The van der Waals surface area contributed by atoms with Crippen molar-refractivity contribution < 1.29 is 20.1 Å². The standard InChI is InChI=1S/C21H40O4/c1-20(2,15-16-22)11-7-3-5-9-18(23)10-6-4-8-12-21(13-14-21)17-19(24)25/h18,22-23H,3-17H2,1-2H3,(H,24,25). The van der Waals surface area contributed by atoms with Crippen LogP contribution in [0.15, 0.2) is 0 Å². The minimum Gasteiger partial charge on any atom is -0.481 e. The molecule has 0 aromatic rings. The second-order valence-electron chi connectivity index (χ2n) is 9.06. The van der Waals surface area contributed by atoms with Crippen molar-refractivity contribution in [2.24, 2.45) is 10.8 Å². The molecule has 0 saturated heterocycles. The Morgan fingerprint density at radius 2 is 1.60 bits per heavy atom.